The van der Waals surface area contributed by atoms with E-state index in [2.05, 4.69) is 9.88 Å². The average Bonchev–Trinajstić information content (AvgIpc) is 2.87. The summed E-state index contributed by atoms with van der Waals surface area (Å²) in [6.07, 6.45) is -1.18. The molecule has 2 unspecified atom stereocenters. The third kappa shape index (κ3) is 4.79. The maximum absolute atomic E-state index is 12.5. The van der Waals surface area contributed by atoms with Gasteiger partial charge in [-0.1, -0.05) is 0 Å². The molecule has 2 atom stereocenters. The predicted octanol–water partition coefficient (Wildman–Crippen LogP) is 2.52. The molecule has 1 aromatic rings. The Kier molecular flexibility index (Phi) is 6.86. The molecule has 0 bridgehead atoms. The molecule has 0 saturated carbocycles. The number of methoxy groups -OCH3 is 1. The van der Waals surface area contributed by atoms with E-state index in [1.165, 1.54) is 6.20 Å². The first-order valence-electron chi connectivity index (χ1n) is 6.43. The van der Waals surface area contributed by atoms with Gasteiger partial charge in [0.25, 0.3) is 0 Å². The van der Waals surface area contributed by atoms with Crippen LogP contribution in [-0.4, -0.2) is 42.2 Å². The van der Waals surface area contributed by atoms with Crippen LogP contribution >= 0.6 is 23.7 Å². The summed E-state index contributed by atoms with van der Waals surface area (Å²) >= 11 is 0.703. The number of aromatic nitrogens is 1. The Bertz CT molecular complexity index is 444. The fraction of sp³-hybridized carbons (Fsp3) is 0.750. The molecule has 1 saturated heterocycles. The molecule has 2 heterocycles. The van der Waals surface area contributed by atoms with E-state index in [9.17, 15) is 13.2 Å². The van der Waals surface area contributed by atoms with Crippen LogP contribution in [-0.2, 0) is 17.5 Å². The van der Waals surface area contributed by atoms with E-state index in [0.29, 0.717) is 29.3 Å². The van der Waals surface area contributed by atoms with Gasteiger partial charge in [-0.15, -0.1) is 23.7 Å². The molecule has 2 rings (SSSR count). The molecular formula is C12H19ClF3N3OS. The number of nitrogens with zero attached hydrogens (tertiary/aromatic N) is 2. The van der Waals surface area contributed by atoms with Crippen molar-refractivity contribution in [1.29, 1.82) is 0 Å². The van der Waals surface area contributed by atoms with Crippen LogP contribution in [0.1, 0.15) is 22.7 Å². The summed E-state index contributed by atoms with van der Waals surface area (Å²) in [5.74, 6) is 0. The largest absolute Gasteiger partial charge is 0.443 e. The van der Waals surface area contributed by atoms with Crippen LogP contribution < -0.4 is 5.73 Å². The second kappa shape index (κ2) is 7.73. The highest BCUT2D eigenvalue weighted by atomic mass is 35.5. The van der Waals surface area contributed by atoms with Gasteiger partial charge in [0, 0.05) is 43.9 Å². The fourth-order valence-corrected chi connectivity index (χ4v) is 3.25. The van der Waals surface area contributed by atoms with E-state index >= 15 is 0 Å². The van der Waals surface area contributed by atoms with E-state index in [4.69, 9.17) is 10.5 Å². The average molecular weight is 346 g/mol. The fourth-order valence-electron chi connectivity index (χ4n) is 2.44. The molecule has 1 fully saturated rings. The van der Waals surface area contributed by atoms with Crippen molar-refractivity contribution in [3.8, 4) is 0 Å². The van der Waals surface area contributed by atoms with Crippen molar-refractivity contribution in [3.63, 3.8) is 0 Å². The number of hydrogen-bond donors (Lipinski definition) is 1. The normalized spacial score (nSPS) is 23.9. The summed E-state index contributed by atoms with van der Waals surface area (Å²) in [6, 6.07) is 0.144. The van der Waals surface area contributed by atoms with Crippen LogP contribution in [0.3, 0.4) is 0 Å². The minimum Gasteiger partial charge on any atom is -0.381 e. The van der Waals surface area contributed by atoms with E-state index in [1.807, 2.05) is 0 Å². The number of thiazole rings is 1. The summed E-state index contributed by atoms with van der Waals surface area (Å²) in [7, 11) is 1.67. The Balaban J connectivity index is 0.00000220. The lowest BCUT2D eigenvalue weighted by Crippen LogP contribution is -2.47. The molecule has 0 aromatic carbocycles. The molecule has 0 aliphatic carbocycles. The zero-order valence-electron chi connectivity index (χ0n) is 11.6. The van der Waals surface area contributed by atoms with Crippen LogP contribution in [0.25, 0.3) is 0 Å². The standard InChI is InChI=1S/C12H18F3N3OS.ClH/c1-19-9-2-3-18(8(4-9)5-16)7-10-6-17-11(20-10)12(13,14)15;/h6,8-9H,2-5,7,16H2,1H3;1H. The third-order valence-electron chi connectivity index (χ3n) is 3.55. The van der Waals surface area contributed by atoms with Crippen molar-refractivity contribution < 1.29 is 17.9 Å². The van der Waals surface area contributed by atoms with Crippen LogP contribution in [0.4, 0.5) is 13.2 Å². The van der Waals surface area contributed by atoms with Gasteiger partial charge in [0.2, 0.25) is 0 Å². The molecule has 1 aromatic heterocycles. The first-order chi connectivity index (χ1) is 9.44. The van der Waals surface area contributed by atoms with Gasteiger partial charge in [-0.3, -0.25) is 4.90 Å². The van der Waals surface area contributed by atoms with Gasteiger partial charge in [-0.05, 0) is 12.8 Å². The number of nitrogens with two attached hydrogens (primary N) is 1. The molecule has 0 radical (unpaired) electrons. The highest BCUT2D eigenvalue weighted by Gasteiger charge is 2.35. The Morgan fingerprint density at radius 3 is 2.76 bits per heavy atom. The zero-order chi connectivity index (χ0) is 14.8. The lowest BCUT2D eigenvalue weighted by Gasteiger charge is -2.38. The summed E-state index contributed by atoms with van der Waals surface area (Å²) < 4.78 is 42.9. The SMILES string of the molecule is COC1CCN(Cc2cnc(C(F)(F)F)s2)C(CN)C1.Cl. The first-order valence-corrected chi connectivity index (χ1v) is 7.24. The van der Waals surface area contributed by atoms with Crippen molar-refractivity contribution in [2.24, 2.45) is 5.73 Å². The van der Waals surface area contributed by atoms with E-state index in [0.717, 1.165) is 19.4 Å². The Morgan fingerprint density at radius 2 is 2.24 bits per heavy atom. The molecule has 2 N–H and O–H groups in total. The number of piperidine rings is 1. The van der Waals surface area contributed by atoms with E-state index in [1.54, 1.807) is 7.11 Å². The lowest BCUT2D eigenvalue weighted by atomic mass is 9.99. The third-order valence-corrected chi connectivity index (χ3v) is 4.58. The van der Waals surface area contributed by atoms with Crippen molar-refractivity contribution in [1.82, 2.24) is 9.88 Å². The number of alkyl halides is 3. The minimum absolute atomic E-state index is 0. The van der Waals surface area contributed by atoms with E-state index < -0.39 is 11.2 Å². The maximum Gasteiger partial charge on any atom is 0.443 e. The Labute approximate surface area is 131 Å². The molecule has 4 nitrogen and oxygen atoms in total. The number of hydrogen-bond acceptors (Lipinski definition) is 5. The van der Waals surface area contributed by atoms with Crippen molar-refractivity contribution in [2.75, 3.05) is 20.2 Å². The van der Waals surface area contributed by atoms with Gasteiger partial charge < -0.3 is 10.5 Å². The summed E-state index contributed by atoms with van der Waals surface area (Å²) in [4.78, 5) is 6.18. The van der Waals surface area contributed by atoms with Crippen molar-refractivity contribution in [2.45, 2.75) is 37.7 Å². The second-order valence-electron chi connectivity index (χ2n) is 4.87. The van der Waals surface area contributed by atoms with Gasteiger partial charge in [0.05, 0.1) is 6.10 Å². The van der Waals surface area contributed by atoms with Crippen LogP contribution in [0.2, 0.25) is 0 Å². The number of likely N-dealkylation sites (tertiary alicyclic amines) is 1. The Morgan fingerprint density at radius 1 is 1.52 bits per heavy atom. The highest BCUT2D eigenvalue weighted by molar-refractivity contribution is 7.11. The first kappa shape index (κ1) is 18.6. The molecule has 1 aliphatic rings. The van der Waals surface area contributed by atoms with Crippen molar-refractivity contribution >= 4 is 23.7 Å². The smallest absolute Gasteiger partial charge is 0.381 e. The minimum atomic E-state index is -4.36. The van der Waals surface area contributed by atoms with Crippen LogP contribution in [0.5, 0.6) is 0 Å². The number of ether oxygens (including phenoxy) is 1. The van der Waals surface area contributed by atoms with E-state index in [-0.39, 0.29) is 24.6 Å². The van der Waals surface area contributed by atoms with Gasteiger partial charge in [0.1, 0.15) is 0 Å². The zero-order valence-corrected chi connectivity index (χ0v) is 13.2. The quantitative estimate of drug-likeness (QED) is 0.911. The lowest BCUT2D eigenvalue weighted by molar-refractivity contribution is -0.137. The predicted molar refractivity (Wildman–Crippen MR) is 77.6 cm³/mol. The number of rotatable bonds is 4. The molecule has 21 heavy (non-hydrogen) atoms. The topological polar surface area (TPSA) is 51.4 Å². The Hall–Kier alpha value is -0.410. The molecule has 0 amide bonds. The van der Waals surface area contributed by atoms with Crippen molar-refractivity contribution in [3.05, 3.63) is 16.1 Å². The number of halogens is 4. The van der Waals surface area contributed by atoms with Gasteiger partial charge in [-0.2, -0.15) is 13.2 Å². The van der Waals surface area contributed by atoms with Crippen LogP contribution in [0.15, 0.2) is 6.20 Å². The molecule has 0 spiro atoms. The van der Waals surface area contributed by atoms with Gasteiger partial charge in [-0.25, -0.2) is 4.98 Å². The summed E-state index contributed by atoms with van der Waals surface area (Å²) in [5, 5.41) is -0.788. The van der Waals surface area contributed by atoms with Crippen LogP contribution in [0, 0.1) is 0 Å². The maximum atomic E-state index is 12.5. The summed E-state index contributed by atoms with van der Waals surface area (Å²) in [5.41, 5.74) is 5.75. The molecule has 9 heteroatoms. The highest BCUT2D eigenvalue weighted by Crippen LogP contribution is 2.33. The molecular weight excluding hydrogens is 327 g/mol. The molecule has 1 aliphatic heterocycles. The van der Waals surface area contributed by atoms with Gasteiger partial charge >= 0.3 is 6.18 Å². The van der Waals surface area contributed by atoms with Gasteiger partial charge in [0.15, 0.2) is 5.01 Å². The molecule has 122 valence electrons. The summed E-state index contributed by atoms with van der Waals surface area (Å²) in [6.45, 7) is 1.72. The second-order valence-corrected chi connectivity index (χ2v) is 5.99. The monoisotopic (exact) mass is 345 g/mol.